The Bertz CT molecular complexity index is 430. The van der Waals surface area contributed by atoms with Gasteiger partial charge in [-0.15, -0.1) is 0 Å². The molecule has 8 heteroatoms. The van der Waals surface area contributed by atoms with E-state index >= 15 is 0 Å². The van der Waals surface area contributed by atoms with Gasteiger partial charge in [0.15, 0.2) is 12.0 Å². The van der Waals surface area contributed by atoms with Crippen LogP contribution in [0.2, 0.25) is 0 Å². The molecule has 0 amide bonds. The first-order chi connectivity index (χ1) is 7.81. The number of pyridine rings is 1. The number of ether oxygens (including phenoxy) is 1. The van der Waals surface area contributed by atoms with E-state index in [2.05, 4.69) is 9.72 Å². The summed E-state index contributed by atoms with van der Waals surface area (Å²) >= 11 is 0. The summed E-state index contributed by atoms with van der Waals surface area (Å²) in [6, 6.07) is 0.588. The monoisotopic (exact) mass is 255 g/mol. The second-order valence-corrected chi connectivity index (χ2v) is 2.93. The van der Waals surface area contributed by atoms with Crippen molar-refractivity contribution in [2.45, 2.75) is 12.6 Å². The molecule has 1 heterocycles. The zero-order valence-corrected chi connectivity index (χ0v) is 8.39. The molecule has 0 aromatic carbocycles. The lowest BCUT2D eigenvalue weighted by atomic mass is 10.1. The van der Waals surface area contributed by atoms with E-state index in [9.17, 15) is 26.7 Å². The average Bonchev–Trinajstić information content (AvgIpc) is 2.25. The summed E-state index contributed by atoms with van der Waals surface area (Å²) < 4.78 is 66.5. The average molecular weight is 255 g/mol. The third-order valence-electron chi connectivity index (χ3n) is 1.87. The second kappa shape index (κ2) is 4.64. The Morgan fingerprint density at radius 1 is 1.41 bits per heavy atom. The number of nitrogens with zero attached hydrogens (tertiary/aromatic N) is 1. The molecule has 0 aliphatic rings. The number of halogens is 5. The minimum Gasteiger partial charge on any atom is -0.495 e. The Labute approximate surface area is 92.2 Å². The van der Waals surface area contributed by atoms with Crippen molar-refractivity contribution >= 4 is 6.29 Å². The molecule has 0 aliphatic heterocycles. The molecule has 94 valence electrons. The third kappa shape index (κ3) is 2.69. The van der Waals surface area contributed by atoms with Crippen LogP contribution in [0.5, 0.6) is 5.75 Å². The molecular weight excluding hydrogens is 249 g/mol. The fourth-order valence-corrected chi connectivity index (χ4v) is 1.16. The highest BCUT2D eigenvalue weighted by atomic mass is 19.4. The number of hydrogen-bond donors (Lipinski definition) is 0. The van der Waals surface area contributed by atoms with Gasteiger partial charge in [0, 0.05) is 5.56 Å². The molecule has 0 spiro atoms. The van der Waals surface area contributed by atoms with Crippen molar-refractivity contribution in [2.75, 3.05) is 7.11 Å². The fraction of sp³-hybridized carbons (Fsp3) is 0.333. The lowest BCUT2D eigenvalue weighted by Gasteiger charge is -2.13. The van der Waals surface area contributed by atoms with Crippen LogP contribution < -0.4 is 4.74 Å². The molecule has 17 heavy (non-hydrogen) atoms. The molecule has 1 aromatic rings. The lowest BCUT2D eigenvalue weighted by molar-refractivity contribution is -0.141. The van der Waals surface area contributed by atoms with Crippen molar-refractivity contribution in [1.82, 2.24) is 4.98 Å². The Morgan fingerprint density at radius 3 is 2.35 bits per heavy atom. The van der Waals surface area contributed by atoms with Crippen LogP contribution >= 0.6 is 0 Å². The van der Waals surface area contributed by atoms with E-state index in [1.165, 1.54) is 0 Å². The molecule has 1 aromatic heterocycles. The van der Waals surface area contributed by atoms with Gasteiger partial charge >= 0.3 is 6.18 Å². The van der Waals surface area contributed by atoms with E-state index in [-0.39, 0.29) is 6.29 Å². The number of carbonyl (C=O) groups is 1. The number of alkyl halides is 5. The zero-order chi connectivity index (χ0) is 13.2. The molecule has 0 radical (unpaired) electrons. The number of hydrogen-bond acceptors (Lipinski definition) is 3. The first kappa shape index (κ1) is 13.3. The van der Waals surface area contributed by atoms with Gasteiger partial charge in [-0.3, -0.25) is 4.79 Å². The van der Waals surface area contributed by atoms with Crippen molar-refractivity contribution in [2.24, 2.45) is 0 Å². The Balaban J connectivity index is 3.50. The number of rotatable bonds is 3. The summed E-state index contributed by atoms with van der Waals surface area (Å²) in [6.45, 7) is 0. The Kier molecular flexibility index (Phi) is 3.64. The number of methoxy groups -OCH3 is 1. The predicted octanol–water partition coefficient (Wildman–Crippen LogP) is 2.86. The molecule has 1 rings (SSSR count). The van der Waals surface area contributed by atoms with Gasteiger partial charge in [-0.1, -0.05) is 0 Å². The summed E-state index contributed by atoms with van der Waals surface area (Å²) in [5, 5.41) is 0. The Morgan fingerprint density at radius 2 is 2.00 bits per heavy atom. The van der Waals surface area contributed by atoms with Crippen molar-refractivity contribution in [3.05, 3.63) is 23.0 Å². The fourth-order valence-electron chi connectivity index (χ4n) is 1.16. The predicted molar refractivity (Wildman–Crippen MR) is 46.1 cm³/mol. The summed E-state index contributed by atoms with van der Waals surface area (Å²) in [5.74, 6) is -0.560. The molecule has 0 atom stereocenters. The lowest BCUT2D eigenvalue weighted by Crippen LogP contribution is -2.14. The number of aldehydes is 1. The molecular formula is C9H6F5NO2. The van der Waals surface area contributed by atoms with Crippen LogP contribution in [0.4, 0.5) is 22.0 Å². The normalized spacial score (nSPS) is 11.7. The highest BCUT2D eigenvalue weighted by molar-refractivity contribution is 5.77. The summed E-state index contributed by atoms with van der Waals surface area (Å²) in [7, 11) is 0.991. The van der Waals surface area contributed by atoms with E-state index in [1.807, 2.05) is 0 Å². The van der Waals surface area contributed by atoms with E-state index in [0.29, 0.717) is 6.07 Å². The van der Waals surface area contributed by atoms with Crippen LogP contribution in [0.3, 0.4) is 0 Å². The van der Waals surface area contributed by atoms with Crippen LogP contribution in [0.15, 0.2) is 6.07 Å². The first-order valence-corrected chi connectivity index (χ1v) is 4.20. The summed E-state index contributed by atoms with van der Waals surface area (Å²) in [5.41, 5.74) is -3.65. The maximum Gasteiger partial charge on any atom is 0.434 e. The SMILES string of the molecule is COc1cc(C=O)c(C(F)(F)F)nc1C(F)F. The van der Waals surface area contributed by atoms with Crippen molar-refractivity contribution in [3.8, 4) is 5.75 Å². The van der Waals surface area contributed by atoms with E-state index in [1.54, 1.807) is 0 Å². The van der Waals surface area contributed by atoms with Gasteiger partial charge in [-0.05, 0) is 6.07 Å². The van der Waals surface area contributed by atoms with E-state index in [4.69, 9.17) is 0 Å². The quantitative estimate of drug-likeness (QED) is 0.615. The molecule has 0 saturated heterocycles. The maximum atomic E-state index is 12.4. The minimum atomic E-state index is -4.98. The highest BCUT2D eigenvalue weighted by Crippen LogP contribution is 2.35. The van der Waals surface area contributed by atoms with Crippen LogP contribution in [0, 0.1) is 0 Å². The van der Waals surface area contributed by atoms with Gasteiger partial charge in [0.05, 0.1) is 7.11 Å². The van der Waals surface area contributed by atoms with Gasteiger partial charge < -0.3 is 4.74 Å². The third-order valence-corrected chi connectivity index (χ3v) is 1.87. The molecule has 3 nitrogen and oxygen atoms in total. The van der Waals surface area contributed by atoms with Crippen LogP contribution in [0.1, 0.15) is 28.2 Å². The van der Waals surface area contributed by atoms with Gasteiger partial charge in [0.1, 0.15) is 11.4 Å². The summed E-state index contributed by atoms with van der Waals surface area (Å²) in [6.07, 6.45) is -8.33. The van der Waals surface area contributed by atoms with Gasteiger partial charge in [0.25, 0.3) is 6.43 Å². The molecule has 0 saturated carbocycles. The van der Waals surface area contributed by atoms with Crippen molar-refractivity contribution < 1.29 is 31.5 Å². The topological polar surface area (TPSA) is 39.2 Å². The van der Waals surface area contributed by atoms with Gasteiger partial charge in [-0.2, -0.15) is 13.2 Å². The Hall–Kier alpha value is -1.73. The van der Waals surface area contributed by atoms with Crippen LogP contribution in [0.25, 0.3) is 0 Å². The standard InChI is InChI=1S/C9H6F5NO2/c1-17-5-2-4(3-16)7(9(12,13)14)15-6(5)8(10)11/h2-3,8H,1H3. The molecule has 0 aliphatic carbocycles. The van der Waals surface area contributed by atoms with E-state index in [0.717, 1.165) is 7.11 Å². The maximum absolute atomic E-state index is 12.4. The van der Waals surface area contributed by atoms with Gasteiger partial charge in [0.2, 0.25) is 0 Å². The van der Waals surface area contributed by atoms with Crippen LogP contribution in [-0.4, -0.2) is 18.4 Å². The molecule has 0 bridgehead atoms. The van der Waals surface area contributed by atoms with E-state index < -0.39 is 35.3 Å². The second-order valence-electron chi connectivity index (χ2n) is 2.93. The number of carbonyl (C=O) groups excluding carboxylic acids is 1. The van der Waals surface area contributed by atoms with Gasteiger partial charge in [-0.25, -0.2) is 13.8 Å². The van der Waals surface area contributed by atoms with Crippen molar-refractivity contribution in [3.63, 3.8) is 0 Å². The van der Waals surface area contributed by atoms with Crippen LogP contribution in [-0.2, 0) is 6.18 Å². The summed E-state index contributed by atoms with van der Waals surface area (Å²) in [4.78, 5) is 13.2. The van der Waals surface area contributed by atoms with Crippen molar-refractivity contribution in [1.29, 1.82) is 0 Å². The smallest absolute Gasteiger partial charge is 0.434 e. The zero-order valence-electron chi connectivity index (χ0n) is 8.39. The highest BCUT2D eigenvalue weighted by Gasteiger charge is 2.37. The minimum absolute atomic E-state index is 0.117. The number of aromatic nitrogens is 1. The first-order valence-electron chi connectivity index (χ1n) is 4.20. The molecule has 0 N–H and O–H groups in total. The largest absolute Gasteiger partial charge is 0.495 e. The molecule has 0 fully saturated rings. The molecule has 0 unspecified atom stereocenters.